The summed E-state index contributed by atoms with van der Waals surface area (Å²) >= 11 is 3.45. The third kappa shape index (κ3) is 2.21. The van der Waals surface area contributed by atoms with Gasteiger partial charge in [0.15, 0.2) is 0 Å². The summed E-state index contributed by atoms with van der Waals surface area (Å²) in [6.45, 7) is 0.756. The summed E-state index contributed by atoms with van der Waals surface area (Å²) in [5.74, 6) is 0. The summed E-state index contributed by atoms with van der Waals surface area (Å²) in [5, 5.41) is 10.00. The number of aromatic nitrogens is 3. The van der Waals surface area contributed by atoms with E-state index in [0.717, 1.165) is 20.9 Å². The molecule has 4 rings (SSSR count). The first-order chi connectivity index (χ1) is 11.0. The Bertz CT molecular complexity index is 993. The number of H-pyrrole nitrogens is 1. The lowest BCUT2D eigenvalue weighted by molar-refractivity contribution is 0.154. The van der Waals surface area contributed by atoms with Gasteiger partial charge >= 0.3 is 11.8 Å². The van der Waals surface area contributed by atoms with Crippen LogP contribution in [0.15, 0.2) is 33.7 Å². The predicted molar refractivity (Wildman–Crippen MR) is 88.8 cm³/mol. The summed E-state index contributed by atoms with van der Waals surface area (Å²) in [6, 6.07) is 5.55. The van der Waals surface area contributed by atoms with Crippen LogP contribution in [0, 0.1) is 0 Å². The number of nitrogens with one attached hydrogen (secondary N) is 1. The van der Waals surface area contributed by atoms with Gasteiger partial charge < -0.3 is 15.0 Å². The van der Waals surface area contributed by atoms with Crippen LogP contribution in [0.1, 0.15) is 12.5 Å². The zero-order valence-electron chi connectivity index (χ0n) is 12.0. The maximum Gasteiger partial charge on any atom is 0.407 e. The summed E-state index contributed by atoms with van der Waals surface area (Å²) in [4.78, 5) is 32.1. The molecule has 0 aliphatic carbocycles. The number of fused-ring (bicyclic) bond motifs is 3. The lowest BCUT2D eigenvalue weighted by Crippen LogP contribution is -2.29. The van der Waals surface area contributed by atoms with Crippen LogP contribution in [-0.2, 0) is 0 Å². The Kier molecular flexibility index (Phi) is 3.15. The molecule has 2 N–H and O–H groups in total. The second-order valence-corrected chi connectivity index (χ2v) is 6.57. The van der Waals surface area contributed by atoms with E-state index >= 15 is 0 Å². The highest BCUT2D eigenvalue weighted by Gasteiger charge is 2.29. The van der Waals surface area contributed by atoms with E-state index in [9.17, 15) is 9.59 Å². The number of carbonyl (C=O) groups is 1. The minimum Gasteiger partial charge on any atom is -0.465 e. The fourth-order valence-corrected chi connectivity index (χ4v) is 3.61. The number of benzene rings is 1. The molecule has 118 valence electrons. The van der Waals surface area contributed by atoms with Gasteiger partial charge in [-0.15, -0.1) is 0 Å². The molecule has 8 heteroatoms. The highest BCUT2D eigenvalue weighted by molar-refractivity contribution is 9.10. The molecular formula is C15H13BrN4O3. The summed E-state index contributed by atoms with van der Waals surface area (Å²) in [6.07, 6.45) is 1.32. The lowest BCUT2D eigenvalue weighted by Gasteiger charge is -2.14. The summed E-state index contributed by atoms with van der Waals surface area (Å²) in [7, 11) is 0. The number of halogens is 1. The molecule has 1 fully saturated rings. The normalized spacial score (nSPS) is 18.1. The number of hydrogen-bond donors (Lipinski definition) is 2. The van der Waals surface area contributed by atoms with Gasteiger partial charge in [-0.25, -0.2) is 9.59 Å². The van der Waals surface area contributed by atoms with Gasteiger partial charge in [0.05, 0.1) is 28.8 Å². The number of rotatable bonds is 1. The molecule has 1 amide bonds. The number of carboxylic acid groups (broad SMARTS) is 1. The number of likely N-dealkylation sites (tertiary alicyclic amines) is 1. The van der Waals surface area contributed by atoms with Gasteiger partial charge in [0.1, 0.15) is 0 Å². The molecule has 7 nitrogen and oxygen atoms in total. The van der Waals surface area contributed by atoms with Crippen molar-refractivity contribution in [1.82, 2.24) is 19.4 Å². The fourth-order valence-electron chi connectivity index (χ4n) is 3.25. The predicted octanol–water partition coefficient (Wildman–Crippen LogP) is 2.57. The molecule has 3 heterocycles. The first-order valence-corrected chi connectivity index (χ1v) is 8.00. The number of hydrogen-bond acceptors (Lipinski definition) is 3. The Morgan fingerprint density at radius 1 is 1.43 bits per heavy atom. The average Bonchev–Trinajstić information content (AvgIpc) is 3.10. The van der Waals surface area contributed by atoms with E-state index in [1.54, 1.807) is 10.8 Å². The third-order valence-electron chi connectivity index (χ3n) is 4.30. The molecule has 0 spiro atoms. The van der Waals surface area contributed by atoms with Crippen LogP contribution in [0.25, 0.3) is 21.9 Å². The van der Waals surface area contributed by atoms with Crippen LogP contribution in [0.4, 0.5) is 4.79 Å². The average molecular weight is 377 g/mol. The maximum absolute atomic E-state index is 12.4. The minimum absolute atomic E-state index is 0.170. The van der Waals surface area contributed by atoms with Crippen LogP contribution in [-0.4, -0.2) is 43.7 Å². The zero-order valence-corrected chi connectivity index (χ0v) is 13.6. The highest BCUT2D eigenvalue weighted by Crippen LogP contribution is 2.29. The van der Waals surface area contributed by atoms with Gasteiger partial charge in [-0.2, -0.15) is 0 Å². The monoisotopic (exact) mass is 376 g/mol. The van der Waals surface area contributed by atoms with E-state index in [0.29, 0.717) is 25.0 Å². The van der Waals surface area contributed by atoms with Crippen molar-refractivity contribution < 1.29 is 9.90 Å². The molecular weight excluding hydrogens is 364 g/mol. The van der Waals surface area contributed by atoms with Crippen LogP contribution in [0.3, 0.4) is 0 Å². The van der Waals surface area contributed by atoms with Crippen molar-refractivity contribution in [2.24, 2.45) is 0 Å². The lowest BCUT2D eigenvalue weighted by atomic mass is 10.1. The van der Waals surface area contributed by atoms with Crippen molar-refractivity contribution in [2.45, 2.75) is 12.5 Å². The number of imidazole rings is 1. The minimum atomic E-state index is -0.949. The Labute approximate surface area is 138 Å². The molecule has 3 aromatic rings. The first-order valence-electron chi connectivity index (χ1n) is 7.21. The zero-order chi connectivity index (χ0) is 16.1. The molecule has 1 saturated heterocycles. The molecule has 1 aliphatic rings. The largest absolute Gasteiger partial charge is 0.465 e. The Hall–Kier alpha value is -2.35. The standard InChI is InChI=1S/C15H13BrN4O3/c16-8-1-2-11-10(5-8)13-12(6-17-11)18-14(21)20(13)9-3-4-19(7-9)15(22)23/h1-2,5-6,9H,3-4,7H2,(H,18,21)(H,22,23)/t9-/m1/s1. The summed E-state index contributed by atoms with van der Waals surface area (Å²) < 4.78 is 2.58. The first kappa shape index (κ1) is 14.3. The van der Waals surface area contributed by atoms with Gasteiger partial charge in [0.25, 0.3) is 0 Å². The molecule has 1 aromatic carbocycles. The third-order valence-corrected chi connectivity index (χ3v) is 4.80. The van der Waals surface area contributed by atoms with Gasteiger partial charge in [-0.05, 0) is 24.6 Å². The van der Waals surface area contributed by atoms with Gasteiger partial charge in [0, 0.05) is 22.9 Å². The topological polar surface area (TPSA) is 91.2 Å². The highest BCUT2D eigenvalue weighted by atomic mass is 79.9. The number of nitrogens with zero attached hydrogens (tertiary/aromatic N) is 3. The Balaban J connectivity index is 1.96. The van der Waals surface area contributed by atoms with Gasteiger partial charge in [0.2, 0.25) is 0 Å². The SMILES string of the molecule is O=C(O)N1CC[C@@H](n2c(=O)[nH]c3cnc4ccc(Br)cc4c32)C1. The number of pyridine rings is 1. The molecule has 1 aliphatic heterocycles. The van der Waals surface area contributed by atoms with Crippen LogP contribution < -0.4 is 5.69 Å². The Morgan fingerprint density at radius 2 is 2.26 bits per heavy atom. The smallest absolute Gasteiger partial charge is 0.407 e. The van der Waals surface area contributed by atoms with Crippen LogP contribution in [0.2, 0.25) is 0 Å². The van der Waals surface area contributed by atoms with Crippen molar-refractivity contribution in [3.8, 4) is 0 Å². The summed E-state index contributed by atoms with van der Waals surface area (Å²) in [5.41, 5.74) is 2.00. The van der Waals surface area contributed by atoms with Crippen LogP contribution >= 0.6 is 15.9 Å². The van der Waals surface area contributed by atoms with E-state index < -0.39 is 6.09 Å². The van der Waals surface area contributed by atoms with E-state index in [1.165, 1.54) is 4.90 Å². The molecule has 0 unspecified atom stereocenters. The molecule has 0 radical (unpaired) electrons. The van der Waals surface area contributed by atoms with Crippen molar-refractivity contribution >= 4 is 44.0 Å². The van der Waals surface area contributed by atoms with E-state index in [4.69, 9.17) is 5.11 Å². The van der Waals surface area contributed by atoms with Crippen molar-refractivity contribution in [3.63, 3.8) is 0 Å². The molecule has 0 bridgehead atoms. The quantitative estimate of drug-likeness (QED) is 0.682. The fraction of sp³-hybridized carbons (Fsp3) is 0.267. The molecule has 2 aromatic heterocycles. The second-order valence-electron chi connectivity index (χ2n) is 5.65. The molecule has 23 heavy (non-hydrogen) atoms. The van der Waals surface area contributed by atoms with Crippen molar-refractivity contribution in [3.05, 3.63) is 39.4 Å². The second kappa shape index (κ2) is 5.09. The van der Waals surface area contributed by atoms with Crippen LogP contribution in [0.5, 0.6) is 0 Å². The van der Waals surface area contributed by atoms with E-state index in [2.05, 4.69) is 25.9 Å². The number of aromatic amines is 1. The molecule has 0 saturated carbocycles. The van der Waals surface area contributed by atoms with Gasteiger partial charge in [-0.1, -0.05) is 15.9 Å². The van der Waals surface area contributed by atoms with Crippen molar-refractivity contribution in [1.29, 1.82) is 0 Å². The van der Waals surface area contributed by atoms with E-state index in [1.807, 2.05) is 18.2 Å². The number of amides is 1. The van der Waals surface area contributed by atoms with Gasteiger partial charge in [-0.3, -0.25) is 9.55 Å². The molecule has 1 atom stereocenters. The van der Waals surface area contributed by atoms with Crippen molar-refractivity contribution in [2.75, 3.05) is 13.1 Å². The van der Waals surface area contributed by atoms with E-state index in [-0.39, 0.29) is 11.7 Å². The maximum atomic E-state index is 12.4. The Morgan fingerprint density at radius 3 is 3.00 bits per heavy atom.